The standard InChI is InChI=1S/C18H14Cl3FN2O5S/c19-11-3-13(20)17(14(21)4-11)30(27,28)24-7-16(18(26,8-24)9-25)29-12-2-1-10(6-23)15(22)5-12/h1-5,16,25-26H,7-9H2/t16?,18-/m1/s1. The Morgan fingerprint density at radius 3 is 2.43 bits per heavy atom. The molecule has 1 saturated heterocycles. The highest BCUT2D eigenvalue weighted by molar-refractivity contribution is 7.89. The molecule has 0 bridgehead atoms. The molecular weight excluding hydrogens is 482 g/mol. The van der Waals surface area contributed by atoms with E-state index in [4.69, 9.17) is 44.8 Å². The van der Waals surface area contributed by atoms with Gasteiger partial charge in [0.1, 0.15) is 34.2 Å². The second-order valence-corrected chi connectivity index (χ2v) is 9.74. The number of nitriles is 1. The van der Waals surface area contributed by atoms with Gasteiger partial charge in [-0.15, -0.1) is 0 Å². The summed E-state index contributed by atoms with van der Waals surface area (Å²) in [6.45, 7) is -1.73. The number of aliphatic hydroxyl groups excluding tert-OH is 1. The van der Waals surface area contributed by atoms with E-state index in [2.05, 4.69) is 0 Å². The molecule has 12 heteroatoms. The molecule has 1 heterocycles. The van der Waals surface area contributed by atoms with Crippen LogP contribution in [0.2, 0.25) is 15.1 Å². The monoisotopic (exact) mass is 494 g/mol. The Morgan fingerprint density at radius 2 is 1.90 bits per heavy atom. The molecule has 1 aliphatic rings. The quantitative estimate of drug-likeness (QED) is 0.660. The van der Waals surface area contributed by atoms with Crippen LogP contribution in [0.25, 0.3) is 0 Å². The van der Waals surface area contributed by atoms with E-state index in [-0.39, 0.29) is 32.9 Å². The van der Waals surface area contributed by atoms with E-state index < -0.39 is 45.6 Å². The first-order valence-corrected chi connectivity index (χ1v) is 10.9. The Labute approximate surface area is 186 Å². The largest absolute Gasteiger partial charge is 0.486 e. The summed E-state index contributed by atoms with van der Waals surface area (Å²) in [6.07, 6.45) is -1.24. The third-order valence-corrected chi connectivity index (χ3v) is 7.55. The van der Waals surface area contributed by atoms with Crippen LogP contribution in [0.4, 0.5) is 4.39 Å². The maximum atomic E-state index is 13.8. The zero-order valence-corrected chi connectivity index (χ0v) is 18.1. The molecule has 7 nitrogen and oxygen atoms in total. The van der Waals surface area contributed by atoms with Crippen molar-refractivity contribution >= 4 is 44.8 Å². The summed E-state index contributed by atoms with van der Waals surface area (Å²) in [7, 11) is -4.30. The summed E-state index contributed by atoms with van der Waals surface area (Å²) in [6, 6.07) is 7.49. The van der Waals surface area contributed by atoms with E-state index in [0.29, 0.717) is 0 Å². The number of nitrogens with zero attached hydrogens (tertiary/aromatic N) is 2. The first-order valence-electron chi connectivity index (χ1n) is 8.36. The molecule has 2 aromatic carbocycles. The van der Waals surface area contributed by atoms with E-state index in [0.717, 1.165) is 10.4 Å². The molecule has 3 rings (SSSR count). The molecule has 0 radical (unpaired) electrons. The van der Waals surface area contributed by atoms with Crippen molar-refractivity contribution in [1.82, 2.24) is 4.31 Å². The number of hydrogen-bond donors (Lipinski definition) is 2. The average Bonchev–Trinajstić information content (AvgIpc) is 2.99. The number of β-amino-alcohol motifs (C(OH)–C–C–N with tert-alkyl or cyclic N) is 1. The number of ether oxygens (including phenoxy) is 1. The highest BCUT2D eigenvalue weighted by Gasteiger charge is 2.51. The highest BCUT2D eigenvalue weighted by Crippen LogP contribution is 2.37. The number of rotatable bonds is 5. The smallest absolute Gasteiger partial charge is 0.246 e. The van der Waals surface area contributed by atoms with Crippen LogP contribution >= 0.6 is 34.8 Å². The number of halogens is 4. The van der Waals surface area contributed by atoms with Crippen LogP contribution in [0.15, 0.2) is 35.2 Å². The number of hydrogen-bond acceptors (Lipinski definition) is 6. The lowest BCUT2D eigenvalue weighted by atomic mass is 10.0. The third-order valence-electron chi connectivity index (χ3n) is 4.59. The summed E-state index contributed by atoms with van der Waals surface area (Å²) >= 11 is 17.9. The zero-order valence-electron chi connectivity index (χ0n) is 15.0. The van der Waals surface area contributed by atoms with Gasteiger partial charge < -0.3 is 14.9 Å². The highest BCUT2D eigenvalue weighted by atomic mass is 35.5. The zero-order chi connectivity index (χ0) is 22.3. The molecule has 2 atom stereocenters. The second-order valence-electron chi connectivity index (χ2n) is 6.62. The lowest BCUT2D eigenvalue weighted by molar-refractivity contribution is -0.0641. The molecule has 0 aromatic heterocycles. The predicted octanol–water partition coefficient (Wildman–Crippen LogP) is 2.83. The van der Waals surface area contributed by atoms with Gasteiger partial charge in [-0.1, -0.05) is 34.8 Å². The van der Waals surface area contributed by atoms with Gasteiger partial charge in [-0.05, 0) is 24.3 Å². The SMILES string of the molecule is N#Cc1ccc(OC2CN(S(=O)(=O)c3c(Cl)cc(Cl)cc3Cl)C[C@@]2(O)CO)cc1F. The van der Waals surface area contributed by atoms with Crippen molar-refractivity contribution in [1.29, 1.82) is 5.26 Å². The van der Waals surface area contributed by atoms with Crippen molar-refractivity contribution < 1.29 is 27.8 Å². The minimum Gasteiger partial charge on any atom is -0.486 e. The van der Waals surface area contributed by atoms with Crippen molar-refractivity contribution in [3.63, 3.8) is 0 Å². The van der Waals surface area contributed by atoms with E-state index >= 15 is 0 Å². The van der Waals surface area contributed by atoms with Crippen LogP contribution in [0.5, 0.6) is 5.75 Å². The molecule has 30 heavy (non-hydrogen) atoms. The molecule has 160 valence electrons. The molecule has 0 spiro atoms. The van der Waals surface area contributed by atoms with Crippen LogP contribution in [0, 0.1) is 17.1 Å². The van der Waals surface area contributed by atoms with Crippen LogP contribution < -0.4 is 4.74 Å². The molecule has 1 unspecified atom stereocenters. The minimum atomic E-state index is -4.30. The second kappa shape index (κ2) is 8.48. The van der Waals surface area contributed by atoms with Gasteiger partial charge in [0.25, 0.3) is 0 Å². The van der Waals surface area contributed by atoms with E-state index in [1.54, 1.807) is 6.07 Å². The van der Waals surface area contributed by atoms with Crippen LogP contribution in [0.1, 0.15) is 5.56 Å². The van der Waals surface area contributed by atoms with Gasteiger partial charge in [-0.3, -0.25) is 0 Å². The van der Waals surface area contributed by atoms with Crippen molar-refractivity contribution in [2.24, 2.45) is 0 Å². The lowest BCUT2D eigenvalue weighted by Gasteiger charge is -2.27. The number of aliphatic hydroxyl groups is 2. The molecule has 1 fully saturated rings. The maximum absolute atomic E-state index is 13.8. The topological polar surface area (TPSA) is 111 Å². The van der Waals surface area contributed by atoms with Gasteiger partial charge in [0.15, 0.2) is 0 Å². The molecule has 0 saturated carbocycles. The summed E-state index contributed by atoms with van der Waals surface area (Å²) in [5, 5.41) is 28.9. The van der Waals surface area contributed by atoms with Gasteiger partial charge >= 0.3 is 0 Å². The summed E-state index contributed by atoms with van der Waals surface area (Å²) in [4.78, 5) is -0.402. The van der Waals surface area contributed by atoms with E-state index in [1.807, 2.05) is 0 Å². The molecule has 2 N–H and O–H groups in total. The Balaban J connectivity index is 1.93. The Kier molecular flexibility index (Phi) is 6.51. The fourth-order valence-electron chi connectivity index (χ4n) is 3.04. The van der Waals surface area contributed by atoms with Gasteiger partial charge in [0.05, 0.1) is 28.8 Å². The Morgan fingerprint density at radius 1 is 1.27 bits per heavy atom. The molecular formula is C18H14Cl3FN2O5S. The van der Waals surface area contributed by atoms with E-state index in [1.165, 1.54) is 24.3 Å². The molecule has 0 amide bonds. The molecule has 0 aliphatic carbocycles. The summed E-state index contributed by atoms with van der Waals surface area (Å²) < 4.78 is 46.4. The van der Waals surface area contributed by atoms with Crippen LogP contribution in [-0.4, -0.2) is 54.3 Å². The fourth-order valence-corrected chi connectivity index (χ4v) is 6.03. The predicted molar refractivity (Wildman–Crippen MR) is 108 cm³/mol. The number of sulfonamides is 1. The first kappa shape index (κ1) is 23.0. The average molecular weight is 496 g/mol. The maximum Gasteiger partial charge on any atom is 0.246 e. The van der Waals surface area contributed by atoms with Crippen LogP contribution in [0.3, 0.4) is 0 Å². The summed E-state index contributed by atoms with van der Waals surface area (Å²) in [5.41, 5.74) is -2.19. The van der Waals surface area contributed by atoms with Gasteiger partial charge in [0.2, 0.25) is 10.0 Å². The van der Waals surface area contributed by atoms with Crippen molar-refractivity contribution in [3.8, 4) is 11.8 Å². The molecule has 1 aliphatic heterocycles. The van der Waals surface area contributed by atoms with Crippen molar-refractivity contribution in [3.05, 3.63) is 56.8 Å². The Bertz CT molecular complexity index is 1120. The normalized spacial score (nSPS) is 22.1. The molecule has 2 aromatic rings. The van der Waals surface area contributed by atoms with Gasteiger partial charge in [0, 0.05) is 17.6 Å². The first-order chi connectivity index (χ1) is 14.0. The third kappa shape index (κ3) is 4.22. The fraction of sp³-hybridized carbons (Fsp3) is 0.278. The Hall–Kier alpha value is -1.64. The number of benzene rings is 2. The van der Waals surface area contributed by atoms with Crippen LogP contribution in [-0.2, 0) is 10.0 Å². The summed E-state index contributed by atoms with van der Waals surface area (Å²) in [5.74, 6) is -0.894. The van der Waals surface area contributed by atoms with Crippen molar-refractivity contribution in [2.45, 2.75) is 16.6 Å². The minimum absolute atomic E-state index is 0.0508. The van der Waals surface area contributed by atoms with E-state index in [9.17, 15) is 23.0 Å². The van der Waals surface area contributed by atoms with Crippen molar-refractivity contribution in [2.75, 3.05) is 19.7 Å². The van der Waals surface area contributed by atoms with Gasteiger partial charge in [-0.25, -0.2) is 12.8 Å². The lowest BCUT2D eigenvalue weighted by Crippen LogP contribution is -2.48. The van der Waals surface area contributed by atoms with Gasteiger partial charge in [-0.2, -0.15) is 9.57 Å².